The summed E-state index contributed by atoms with van der Waals surface area (Å²) < 4.78 is 23.7. The van der Waals surface area contributed by atoms with Crippen molar-refractivity contribution in [2.24, 2.45) is 4.99 Å². The summed E-state index contributed by atoms with van der Waals surface area (Å²) in [5.41, 5.74) is 0.825. The highest BCUT2D eigenvalue weighted by Gasteiger charge is 2.04. The molecule has 0 amide bonds. The van der Waals surface area contributed by atoms with Gasteiger partial charge >= 0.3 is 0 Å². The van der Waals surface area contributed by atoms with Crippen molar-refractivity contribution >= 4 is 5.96 Å². The van der Waals surface area contributed by atoms with Crippen LogP contribution < -0.4 is 15.4 Å². The predicted octanol–water partition coefficient (Wildman–Crippen LogP) is 1.93. The number of benzene rings is 1. The van der Waals surface area contributed by atoms with Crippen LogP contribution in [0.25, 0.3) is 0 Å². The Hall–Kier alpha value is -1.82. The van der Waals surface area contributed by atoms with Crippen LogP contribution in [0.5, 0.6) is 5.75 Å². The van der Waals surface area contributed by atoms with Crippen molar-refractivity contribution in [3.05, 3.63) is 29.6 Å². The lowest BCUT2D eigenvalue weighted by Crippen LogP contribution is -2.37. The molecule has 0 atom stereocenters. The first-order valence-electron chi connectivity index (χ1n) is 7.06. The quantitative estimate of drug-likeness (QED) is 0.437. The average molecular weight is 297 g/mol. The molecule has 0 unspecified atom stereocenters. The first kappa shape index (κ1) is 17.2. The molecule has 0 saturated heterocycles. The molecule has 0 aromatic heterocycles. The van der Waals surface area contributed by atoms with Gasteiger partial charge in [-0.15, -0.1) is 0 Å². The maximum atomic E-state index is 13.6. The lowest BCUT2D eigenvalue weighted by Gasteiger charge is -2.12. The van der Waals surface area contributed by atoms with E-state index in [9.17, 15) is 4.39 Å². The van der Waals surface area contributed by atoms with Crippen molar-refractivity contribution in [2.45, 2.75) is 19.9 Å². The molecule has 0 radical (unpaired) electrons. The molecular formula is C15H24FN3O2. The lowest BCUT2D eigenvalue weighted by atomic mass is 10.2. The highest BCUT2D eigenvalue weighted by atomic mass is 19.1. The summed E-state index contributed by atoms with van der Waals surface area (Å²) in [6.45, 7) is 4.70. The third-order valence-corrected chi connectivity index (χ3v) is 2.86. The Labute approximate surface area is 125 Å². The topological polar surface area (TPSA) is 54.9 Å². The van der Waals surface area contributed by atoms with E-state index in [0.717, 1.165) is 31.7 Å². The van der Waals surface area contributed by atoms with Crippen LogP contribution in [0.15, 0.2) is 23.2 Å². The fourth-order valence-corrected chi connectivity index (χ4v) is 1.75. The van der Waals surface area contributed by atoms with Gasteiger partial charge in [0.15, 0.2) is 17.5 Å². The summed E-state index contributed by atoms with van der Waals surface area (Å²) in [6.07, 6.45) is 0.908. The predicted molar refractivity (Wildman–Crippen MR) is 82.3 cm³/mol. The first-order valence-corrected chi connectivity index (χ1v) is 7.06. The van der Waals surface area contributed by atoms with Gasteiger partial charge in [0.25, 0.3) is 0 Å². The molecule has 0 fully saturated rings. The Kier molecular flexibility index (Phi) is 8.19. The second-order valence-corrected chi connectivity index (χ2v) is 4.37. The summed E-state index contributed by atoms with van der Waals surface area (Å²) in [4.78, 5) is 4.11. The molecule has 0 saturated carbocycles. The van der Waals surface area contributed by atoms with E-state index in [2.05, 4.69) is 15.6 Å². The minimum absolute atomic E-state index is 0.247. The Morgan fingerprint density at radius 1 is 1.33 bits per heavy atom. The molecule has 1 aromatic carbocycles. The fraction of sp³-hybridized carbons (Fsp3) is 0.533. The van der Waals surface area contributed by atoms with Gasteiger partial charge in [0.05, 0.1) is 7.11 Å². The Bertz CT molecular complexity index is 453. The fourth-order valence-electron chi connectivity index (χ4n) is 1.75. The average Bonchev–Trinajstić information content (AvgIpc) is 2.50. The van der Waals surface area contributed by atoms with Crippen LogP contribution in [0.2, 0.25) is 0 Å². The van der Waals surface area contributed by atoms with E-state index in [4.69, 9.17) is 9.47 Å². The number of hydrogen-bond acceptors (Lipinski definition) is 3. The highest BCUT2D eigenvalue weighted by Crippen LogP contribution is 2.17. The van der Waals surface area contributed by atoms with E-state index in [1.165, 1.54) is 13.2 Å². The van der Waals surface area contributed by atoms with Gasteiger partial charge in [-0.2, -0.15) is 0 Å². The molecular weight excluding hydrogens is 273 g/mol. The van der Waals surface area contributed by atoms with Crippen LogP contribution in [-0.2, 0) is 11.3 Å². The summed E-state index contributed by atoms with van der Waals surface area (Å²) in [5.74, 6) is 0.566. The van der Waals surface area contributed by atoms with Crippen LogP contribution >= 0.6 is 0 Å². The monoisotopic (exact) mass is 297 g/mol. The number of rotatable bonds is 8. The molecule has 2 N–H and O–H groups in total. The third-order valence-electron chi connectivity index (χ3n) is 2.86. The normalized spacial score (nSPS) is 11.3. The molecule has 118 valence electrons. The lowest BCUT2D eigenvalue weighted by molar-refractivity contribution is 0.145. The van der Waals surface area contributed by atoms with E-state index < -0.39 is 0 Å². The minimum Gasteiger partial charge on any atom is -0.494 e. The Morgan fingerprint density at radius 2 is 2.14 bits per heavy atom. The molecule has 1 rings (SSSR count). The highest BCUT2D eigenvalue weighted by molar-refractivity contribution is 5.79. The van der Waals surface area contributed by atoms with Crippen molar-refractivity contribution in [2.75, 3.05) is 33.9 Å². The zero-order valence-electron chi connectivity index (χ0n) is 12.9. The standard InChI is InChI=1S/C15H24FN3O2/c1-4-21-9-5-8-18-15(17-2)19-11-12-6-7-14(20-3)13(16)10-12/h6-7,10H,4-5,8-9,11H2,1-3H3,(H2,17,18,19). The maximum absolute atomic E-state index is 13.6. The van der Waals surface area contributed by atoms with Crippen LogP contribution in [0.1, 0.15) is 18.9 Å². The molecule has 0 aliphatic carbocycles. The summed E-state index contributed by atoms with van der Waals surface area (Å²) in [7, 11) is 3.15. The number of methoxy groups -OCH3 is 1. The zero-order valence-corrected chi connectivity index (χ0v) is 12.9. The van der Waals surface area contributed by atoms with E-state index in [0.29, 0.717) is 12.5 Å². The van der Waals surface area contributed by atoms with Gasteiger partial charge in [-0.25, -0.2) is 4.39 Å². The smallest absolute Gasteiger partial charge is 0.191 e. The number of ether oxygens (including phenoxy) is 2. The van der Waals surface area contributed by atoms with Crippen LogP contribution in [0.4, 0.5) is 4.39 Å². The Balaban J connectivity index is 2.36. The zero-order chi connectivity index (χ0) is 15.5. The number of aliphatic imine (C=N–C) groups is 1. The van der Waals surface area contributed by atoms with Crippen LogP contribution in [0.3, 0.4) is 0 Å². The van der Waals surface area contributed by atoms with Gasteiger partial charge in [0, 0.05) is 33.4 Å². The summed E-state index contributed by atoms with van der Waals surface area (Å²) in [6, 6.07) is 4.89. The van der Waals surface area contributed by atoms with Crippen molar-refractivity contribution in [1.82, 2.24) is 10.6 Å². The van der Waals surface area contributed by atoms with E-state index in [-0.39, 0.29) is 11.6 Å². The van der Waals surface area contributed by atoms with E-state index >= 15 is 0 Å². The van der Waals surface area contributed by atoms with Crippen molar-refractivity contribution in [1.29, 1.82) is 0 Å². The van der Waals surface area contributed by atoms with E-state index in [1.807, 2.05) is 13.0 Å². The molecule has 6 heteroatoms. The SMILES string of the molecule is CCOCCCNC(=NC)NCc1ccc(OC)c(F)c1. The molecule has 0 aliphatic rings. The van der Waals surface area contributed by atoms with Gasteiger partial charge in [-0.05, 0) is 31.0 Å². The Morgan fingerprint density at radius 3 is 2.76 bits per heavy atom. The second-order valence-electron chi connectivity index (χ2n) is 4.37. The van der Waals surface area contributed by atoms with E-state index in [1.54, 1.807) is 13.1 Å². The summed E-state index contributed by atoms with van der Waals surface area (Å²) >= 11 is 0. The summed E-state index contributed by atoms with van der Waals surface area (Å²) in [5, 5.41) is 6.31. The number of guanidine groups is 1. The molecule has 1 aromatic rings. The van der Waals surface area contributed by atoms with Crippen molar-refractivity contribution in [3.63, 3.8) is 0 Å². The van der Waals surface area contributed by atoms with Gasteiger partial charge in [-0.1, -0.05) is 6.07 Å². The number of nitrogens with zero attached hydrogens (tertiary/aromatic N) is 1. The molecule has 0 spiro atoms. The third kappa shape index (κ3) is 6.44. The van der Waals surface area contributed by atoms with Gasteiger partial charge in [-0.3, -0.25) is 4.99 Å². The van der Waals surface area contributed by atoms with Crippen LogP contribution in [0, 0.1) is 5.82 Å². The first-order chi connectivity index (χ1) is 10.2. The molecule has 5 nitrogen and oxygen atoms in total. The molecule has 21 heavy (non-hydrogen) atoms. The van der Waals surface area contributed by atoms with Gasteiger partial charge < -0.3 is 20.1 Å². The second kappa shape index (κ2) is 9.99. The molecule has 0 bridgehead atoms. The molecule has 0 aliphatic heterocycles. The number of hydrogen-bond donors (Lipinski definition) is 2. The van der Waals surface area contributed by atoms with Crippen LogP contribution in [-0.4, -0.2) is 39.9 Å². The maximum Gasteiger partial charge on any atom is 0.191 e. The number of halogens is 1. The van der Waals surface area contributed by atoms with Crippen molar-refractivity contribution < 1.29 is 13.9 Å². The largest absolute Gasteiger partial charge is 0.494 e. The van der Waals surface area contributed by atoms with Crippen molar-refractivity contribution in [3.8, 4) is 5.75 Å². The minimum atomic E-state index is -0.364. The number of nitrogens with one attached hydrogen (secondary N) is 2. The molecule has 0 heterocycles. The van der Waals surface area contributed by atoms with Gasteiger partial charge in [0.1, 0.15) is 0 Å². The van der Waals surface area contributed by atoms with Gasteiger partial charge in [0.2, 0.25) is 0 Å².